The van der Waals surface area contributed by atoms with Crippen LogP contribution in [0.25, 0.3) is 22.4 Å². The highest BCUT2D eigenvalue weighted by Crippen LogP contribution is 2.23. The molecular weight excluding hydrogens is 248 g/mol. The van der Waals surface area contributed by atoms with Crippen molar-refractivity contribution in [3.8, 4) is 22.4 Å². The molecule has 3 rings (SSSR count). The molecule has 100 valence electrons. The number of hydrogen-bond acceptors (Lipinski definition) is 3. The lowest BCUT2D eigenvalue weighted by atomic mass is 10.0. The molecule has 0 aliphatic carbocycles. The molecule has 2 heterocycles. The molecule has 0 atom stereocenters. The van der Waals surface area contributed by atoms with E-state index in [-0.39, 0.29) is 0 Å². The minimum Gasteiger partial charge on any atom is -0.285 e. The van der Waals surface area contributed by atoms with Gasteiger partial charge in [0.05, 0.1) is 17.6 Å². The number of nitrogens with zero attached hydrogens (tertiary/aromatic N) is 3. The Morgan fingerprint density at radius 1 is 0.850 bits per heavy atom. The highest BCUT2D eigenvalue weighted by Gasteiger charge is 2.05. The van der Waals surface area contributed by atoms with Crippen LogP contribution in [0.2, 0.25) is 0 Å². The zero-order chi connectivity index (χ0) is 13.9. The lowest BCUT2D eigenvalue weighted by Gasteiger charge is -2.05. The summed E-state index contributed by atoms with van der Waals surface area (Å²) in [6.07, 6.45) is 3.69. The molecule has 0 radical (unpaired) electrons. The number of nitrogens with one attached hydrogen (secondary N) is 1. The Labute approximate surface area is 117 Å². The van der Waals surface area contributed by atoms with E-state index in [9.17, 15) is 0 Å². The average molecular weight is 264 g/mol. The number of benzene rings is 1. The highest BCUT2D eigenvalue weighted by atomic mass is 15.1. The highest BCUT2D eigenvalue weighted by molar-refractivity contribution is 5.67. The molecule has 4 heteroatoms. The smallest absolute Gasteiger partial charge is 0.0929 e. The first kappa shape index (κ1) is 12.5. The quantitative estimate of drug-likeness (QED) is 0.785. The maximum absolute atomic E-state index is 4.29. The fourth-order valence-electron chi connectivity index (χ4n) is 2.05. The third-order valence-electron chi connectivity index (χ3n) is 3.29. The van der Waals surface area contributed by atoms with Crippen LogP contribution in [0.4, 0.5) is 0 Å². The van der Waals surface area contributed by atoms with Crippen LogP contribution in [0.1, 0.15) is 25.5 Å². The predicted octanol–water partition coefficient (Wildman–Crippen LogP) is 3.66. The molecule has 4 nitrogen and oxygen atoms in total. The number of aromatic amines is 1. The molecule has 2 aromatic heterocycles. The van der Waals surface area contributed by atoms with Crippen LogP contribution in [0.5, 0.6) is 0 Å². The first-order chi connectivity index (χ1) is 9.74. The largest absolute Gasteiger partial charge is 0.285 e. The minimum atomic E-state index is 0.403. The van der Waals surface area contributed by atoms with E-state index in [2.05, 4.69) is 58.5 Å². The number of H-pyrrole nitrogens is 1. The average Bonchev–Trinajstić information content (AvgIpc) is 3.02. The fraction of sp³-hybridized carbons (Fsp3) is 0.188. The van der Waals surface area contributed by atoms with Crippen LogP contribution in [0.15, 0.2) is 48.8 Å². The van der Waals surface area contributed by atoms with E-state index < -0.39 is 0 Å². The van der Waals surface area contributed by atoms with Crippen LogP contribution >= 0.6 is 0 Å². The van der Waals surface area contributed by atoms with Crippen molar-refractivity contribution in [1.29, 1.82) is 0 Å². The molecule has 1 N–H and O–H groups in total. The SMILES string of the molecule is CC(C)c1ccc(-c2ccc(-c3cn[nH]c3)cc2)nn1. The molecule has 0 bridgehead atoms. The summed E-state index contributed by atoms with van der Waals surface area (Å²) in [6, 6.07) is 12.3. The van der Waals surface area contributed by atoms with Crippen molar-refractivity contribution in [3.05, 3.63) is 54.5 Å². The second-order valence-electron chi connectivity index (χ2n) is 5.06. The van der Waals surface area contributed by atoms with Crippen molar-refractivity contribution < 1.29 is 0 Å². The fourth-order valence-corrected chi connectivity index (χ4v) is 2.05. The molecule has 0 aliphatic rings. The van der Waals surface area contributed by atoms with Crippen LogP contribution in [-0.4, -0.2) is 20.4 Å². The summed E-state index contributed by atoms with van der Waals surface area (Å²) in [5.74, 6) is 0.403. The van der Waals surface area contributed by atoms with Gasteiger partial charge in [0.2, 0.25) is 0 Å². The van der Waals surface area contributed by atoms with Gasteiger partial charge in [0.1, 0.15) is 0 Å². The molecule has 0 amide bonds. The van der Waals surface area contributed by atoms with Gasteiger partial charge in [-0.15, -0.1) is 0 Å². The molecular formula is C16H16N4. The summed E-state index contributed by atoms with van der Waals surface area (Å²) in [5, 5.41) is 15.3. The van der Waals surface area contributed by atoms with Crippen LogP contribution in [-0.2, 0) is 0 Å². The van der Waals surface area contributed by atoms with Gasteiger partial charge in [-0.05, 0) is 23.6 Å². The molecule has 0 aliphatic heterocycles. The Bertz CT molecular complexity index is 668. The van der Waals surface area contributed by atoms with Crippen molar-refractivity contribution in [3.63, 3.8) is 0 Å². The van der Waals surface area contributed by atoms with Gasteiger partial charge in [-0.25, -0.2) is 0 Å². The third-order valence-corrected chi connectivity index (χ3v) is 3.29. The summed E-state index contributed by atoms with van der Waals surface area (Å²) in [4.78, 5) is 0. The Morgan fingerprint density at radius 2 is 1.60 bits per heavy atom. The molecule has 0 saturated carbocycles. The normalized spacial score (nSPS) is 10.9. The van der Waals surface area contributed by atoms with Crippen LogP contribution in [0.3, 0.4) is 0 Å². The van der Waals surface area contributed by atoms with Gasteiger partial charge in [-0.1, -0.05) is 38.1 Å². The standard InChI is InChI=1S/C16H16N4/c1-11(2)15-7-8-16(20-19-15)13-5-3-12(4-6-13)14-9-17-18-10-14/h3-11H,1-2H3,(H,17,18). The van der Waals surface area contributed by atoms with E-state index in [1.165, 1.54) is 0 Å². The van der Waals surface area contributed by atoms with Gasteiger partial charge >= 0.3 is 0 Å². The van der Waals surface area contributed by atoms with Crippen molar-refractivity contribution >= 4 is 0 Å². The Morgan fingerprint density at radius 3 is 2.15 bits per heavy atom. The second kappa shape index (κ2) is 5.25. The second-order valence-corrected chi connectivity index (χ2v) is 5.06. The molecule has 0 fully saturated rings. The maximum atomic E-state index is 4.29. The summed E-state index contributed by atoms with van der Waals surface area (Å²) < 4.78 is 0. The predicted molar refractivity (Wildman–Crippen MR) is 79.1 cm³/mol. The zero-order valence-electron chi connectivity index (χ0n) is 11.5. The lowest BCUT2D eigenvalue weighted by Crippen LogP contribution is -1.96. The van der Waals surface area contributed by atoms with Gasteiger partial charge in [0.25, 0.3) is 0 Å². The zero-order valence-corrected chi connectivity index (χ0v) is 11.5. The third kappa shape index (κ3) is 2.45. The summed E-state index contributed by atoms with van der Waals surface area (Å²) >= 11 is 0. The first-order valence-electron chi connectivity index (χ1n) is 6.67. The molecule has 0 unspecified atom stereocenters. The van der Waals surface area contributed by atoms with E-state index in [4.69, 9.17) is 0 Å². The van der Waals surface area contributed by atoms with E-state index in [1.807, 2.05) is 24.5 Å². The summed E-state index contributed by atoms with van der Waals surface area (Å²) in [5.41, 5.74) is 5.20. The first-order valence-corrected chi connectivity index (χ1v) is 6.67. The number of hydrogen-bond donors (Lipinski definition) is 1. The lowest BCUT2D eigenvalue weighted by molar-refractivity contribution is 0.787. The molecule has 0 spiro atoms. The number of rotatable bonds is 3. The maximum Gasteiger partial charge on any atom is 0.0929 e. The van der Waals surface area contributed by atoms with Gasteiger partial charge in [-0.3, -0.25) is 5.10 Å². The summed E-state index contributed by atoms with van der Waals surface area (Å²) in [6.45, 7) is 4.23. The Balaban J connectivity index is 1.87. The number of aromatic nitrogens is 4. The minimum absolute atomic E-state index is 0.403. The Hall–Kier alpha value is -2.49. The van der Waals surface area contributed by atoms with E-state index in [1.54, 1.807) is 0 Å². The van der Waals surface area contributed by atoms with Crippen molar-refractivity contribution in [1.82, 2.24) is 20.4 Å². The van der Waals surface area contributed by atoms with Gasteiger partial charge in [0.15, 0.2) is 0 Å². The van der Waals surface area contributed by atoms with Crippen molar-refractivity contribution in [2.75, 3.05) is 0 Å². The molecule has 20 heavy (non-hydrogen) atoms. The molecule has 1 aromatic carbocycles. The Kier molecular flexibility index (Phi) is 3.29. The summed E-state index contributed by atoms with van der Waals surface area (Å²) in [7, 11) is 0. The molecule has 3 aromatic rings. The van der Waals surface area contributed by atoms with Gasteiger partial charge in [0, 0.05) is 17.3 Å². The van der Waals surface area contributed by atoms with Gasteiger partial charge in [-0.2, -0.15) is 15.3 Å². The molecule has 0 saturated heterocycles. The van der Waals surface area contributed by atoms with Crippen molar-refractivity contribution in [2.24, 2.45) is 0 Å². The van der Waals surface area contributed by atoms with Crippen LogP contribution in [0, 0.1) is 0 Å². The van der Waals surface area contributed by atoms with Gasteiger partial charge < -0.3 is 0 Å². The topological polar surface area (TPSA) is 54.5 Å². The van der Waals surface area contributed by atoms with Crippen molar-refractivity contribution in [2.45, 2.75) is 19.8 Å². The van der Waals surface area contributed by atoms with E-state index in [0.29, 0.717) is 5.92 Å². The van der Waals surface area contributed by atoms with E-state index >= 15 is 0 Å². The monoisotopic (exact) mass is 264 g/mol. The van der Waals surface area contributed by atoms with E-state index in [0.717, 1.165) is 28.1 Å². The van der Waals surface area contributed by atoms with Crippen LogP contribution < -0.4 is 0 Å².